The third-order valence-corrected chi connectivity index (χ3v) is 1.12. The Labute approximate surface area is 63.1 Å². The molecule has 0 aliphatic rings. The molecule has 0 spiro atoms. The number of carbonyl (C=O) groups excluding carboxylic acids is 1. The summed E-state index contributed by atoms with van der Waals surface area (Å²) in [6.45, 7) is 0. The van der Waals surface area contributed by atoms with Crippen LogP contribution in [0.5, 0.6) is 0 Å². The van der Waals surface area contributed by atoms with Crippen molar-refractivity contribution < 1.29 is 14.3 Å². The van der Waals surface area contributed by atoms with Crippen LogP contribution in [0.2, 0.25) is 0 Å². The van der Waals surface area contributed by atoms with E-state index in [-0.39, 0.29) is 4.70 Å². The van der Waals surface area contributed by atoms with E-state index in [1.807, 2.05) is 6.07 Å². The molecule has 1 aromatic carbocycles. The maximum atomic E-state index is 10.7. The Kier molecular flexibility index (Phi) is 3.84. The summed E-state index contributed by atoms with van der Waals surface area (Å²) in [6, 6.07) is 8.57. The van der Waals surface area contributed by atoms with Crippen molar-refractivity contribution in [2.45, 2.75) is 0 Å². The van der Waals surface area contributed by atoms with E-state index in [9.17, 15) is 4.79 Å². The fourth-order valence-corrected chi connectivity index (χ4v) is 0.642. The average Bonchev–Trinajstić information content (AvgIpc) is 2.05. The molecule has 0 saturated heterocycles. The Morgan fingerprint density at radius 1 is 1.27 bits per heavy atom. The first-order valence-electron chi connectivity index (χ1n) is 2.80. The number of nitrogens with two attached hydrogens (primary N) is 1. The highest BCUT2D eigenvalue weighted by Gasteiger charge is 2.01. The van der Waals surface area contributed by atoms with Crippen LogP contribution in [-0.4, -0.2) is 5.97 Å². The van der Waals surface area contributed by atoms with Gasteiger partial charge in [-0.15, -0.1) is 0 Å². The summed E-state index contributed by atoms with van der Waals surface area (Å²) in [5.74, 6) is 4.14. The van der Waals surface area contributed by atoms with Crippen molar-refractivity contribution >= 4 is 5.97 Å². The topological polar surface area (TPSA) is 52.3 Å². The molecular formula is C7H8FNO2. The predicted octanol–water partition coefficient (Wildman–Crippen LogP) is 0.870. The number of benzene rings is 1. The first-order valence-corrected chi connectivity index (χ1v) is 2.80. The molecule has 1 aromatic rings. The summed E-state index contributed by atoms with van der Waals surface area (Å²) >= 11 is 0. The highest BCUT2D eigenvalue weighted by Crippen LogP contribution is 1.98. The van der Waals surface area contributed by atoms with Gasteiger partial charge in [0.1, 0.15) is 0 Å². The van der Waals surface area contributed by atoms with Crippen LogP contribution in [0.25, 0.3) is 0 Å². The van der Waals surface area contributed by atoms with E-state index in [1.54, 1.807) is 24.3 Å². The second-order valence-electron chi connectivity index (χ2n) is 1.77. The lowest BCUT2D eigenvalue weighted by Gasteiger charge is -1.94. The molecule has 3 nitrogen and oxygen atoms in total. The number of rotatable bonds is 1. The number of hydrogen-bond donors (Lipinski definition) is 1. The molecule has 0 atom stereocenters. The van der Waals surface area contributed by atoms with Crippen LogP contribution < -0.4 is 5.90 Å². The lowest BCUT2D eigenvalue weighted by molar-refractivity contribution is 0.0503. The molecule has 0 amide bonds. The zero-order valence-electron chi connectivity index (χ0n) is 5.69. The molecule has 0 saturated carbocycles. The molecule has 0 aliphatic carbocycles. The lowest BCUT2D eigenvalue weighted by atomic mass is 10.2. The minimum atomic E-state index is -0.513. The van der Waals surface area contributed by atoms with E-state index in [2.05, 4.69) is 10.7 Å². The van der Waals surface area contributed by atoms with Gasteiger partial charge >= 0.3 is 5.97 Å². The van der Waals surface area contributed by atoms with Crippen molar-refractivity contribution in [3.8, 4) is 0 Å². The molecule has 1 rings (SSSR count). The highest BCUT2D eigenvalue weighted by molar-refractivity contribution is 5.88. The second kappa shape index (κ2) is 4.40. The second-order valence-corrected chi connectivity index (χ2v) is 1.77. The quantitative estimate of drug-likeness (QED) is 0.615. The van der Waals surface area contributed by atoms with E-state index in [1.165, 1.54) is 0 Å². The van der Waals surface area contributed by atoms with Crippen molar-refractivity contribution in [1.29, 1.82) is 0 Å². The van der Waals surface area contributed by atoms with Crippen LogP contribution in [-0.2, 0) is 4.84 Å². The summed E-state index contributed by atoms with van der Waals surface area (Å²) in [5.41, 5.74) is 0.463. The molecule has 0 unspecified atom stereocenters. The first-order chi connectivity index (χ1) is 4.84. The summed E-state index contributed by atoms with van der Waals surface area (Å²) in [5, 5.41) is 0. The van der Waals surface area contributed by atoms with Gasteiger partial charge in [0.15, 0.2) is 0 Å². The molecule has 0 heterocycles. The van der Waals surface area contributed by atoms with Gasteiger partial charge in [0.2, 0.25) is 0 Å². The van der Waals surface area contributed by atoms with Crippen LogP contribution in [0, 0.1) is 0 Å². The Morgan fingerprint density at radius 3 is 2.27 bits per heavy atom. The third-order valence-electron chi connectivity index (χ3n) is 1.12. The first kappa shape index (κ1) is 9.58. The zero-order valence-corrected chi connectivity index (χ0v) is 5.69. The lowest BCUT2D eigenvalue weighted by Crippen LogP contribution is -2.09. The minimum absolute atomic E-state index is 0. The van der Waals surface area contributed by atoms with Gasteiger partial charge in [-0.1, -0.05) is 18.2 Å². The fourth-order valence-electron chi connectivity index (χ4n) is 0.642. The van der Waals surface area contributed by atoms with Crippen molar-refractivity contribution in [1.82, 2.24) is 0 Å². The van der Waals surface area contributed by atoms with Crippen molar-refractivity contribution in [2.24, 2.45) is 5.90 Å². The maximum Gasteiger partial charge on any atom is 0.356 e. The van der Waals surface area contributed by atoms with Crippen LogP contribution in [0.15, 0.2) is 30.3 Å². The molecule has 0 radical (unpaired) electrons. The predicted molar refractivity (Wildman–Crippen MR) is 38.5 cm³/mol. The average molecular weight is 157 g/mol. The Hall–Kier alpha value is -1.42. The van der Waals surface area contributed by atoms with E-state index in [0.29, 0.717) is 5.56 Å². The van der Waals surface area contributed by atoms with E-state index in [4.69, 9.17) is 0 Å². The minimum Gasteiger partial charge on any atom is -0.370 e. The van der Waals surface area contributed by atoms with Gasteiger partial charge in [-0.05, 0) is 12.1 Å². The van der Waals surface area contributed by atoms with Crippen LogP contribution in [0.1, 0.15) is 10.4 Å². The smallest absolute Gasteiger partial charge is 0.356 e. The van der Waals surface area contributed by atoms with Crippen LogP contribution >= 0.6 is 0 Å². The van der Waals surface area contributed by atoms with Crippen LogP contribution in [0.3, 0.4) is 0 Å². The SMILES string of the molecule is F.NOC(=O)c1ccccc1. The third kappa shape index (κ3) is 2.35. The monoisotopic (exact) mass is 157 g/mol. The van der Waals surface area contributed by atoms with Gasteiger partial charge < -0.3 is 4.84 Å². The van der Waals surface area contributed by atoms with Gasteiger partial charge in [-0.2, -0.15) is 5.90 Å². The summed E-state index contributed by atoms with van der Waals surface area (Å²) in [6.07, 6.45) is 0. The standard InChI is InChI=1S/C7H7NO2.FH/c8-10-7(9)6-4-2-1-3-5-6;/h1-5H,8H2;1H. The molecular weight excluding hydrogens is 149 g/mol. The molecule has 2 N–H and O–H groups in total. The Bertz CT molecular complexity index is 225. The van der Waals surface area contributed by atoms with Crippen molar-refractivity contribution in [3.63, 3.8) is 0 Å². The molecule has 60 valence electrons. The Morgan fingerprint density at radius 2 is 1.82 bits per heavy atom. The molecule has 0 aliphatic heterocycles. The molecule has 0 fully saturated rings. The van der Waals surface area contributed by atoms with Gasteiger partial charge in [0.25, 0.3) is 0 Å². The summed E-state index contributed by atoms with van der Waals surface area (Å²) in [7, 11) is 0. The van der Waals surface area contributed by atoms with Crippen molar-refractivity contribution in [3.05, 3.63) is 35.9 Å². The largest absolute Gasteiger partial charge is 0.370 e. The molecule has 11 heavy (non-hydrogen) atoms. The molecule has 0 aromatic heterocycles. The van der Waals surface area contributed by atoms with Gasteiger partial charge in [-0.3, -0.25) is 4.70 Å². The van der Waals surface area contributed by atoms with Crippen molar-refractivity contribution in [2.75, 3.05) is 0 Å². The normalized spacial score (nSPS) is 8.09. The van der Waals surface area contributed by atoms with E-state index in [0.717, 1.165) is 0 Å². The molecule has 0 bridgehead atoms. The fraction of sp³-hybridized carbons (Fsp3) is 0. The van der Waals surface area contributed by atoms with Gasteiger partial charge in [0.05, 0.1) is 5.56 Å². The Balaban J connectivity index is 0.000001000. The number of carbonyl (C=O) groups is 1. The van der Waals surface area contributed by atoms with E-state index < -0.39 is 5.97 Å². The van der Waals surface area contributed by atoms with Gasteiger partial charge in [-0.25, -0.2) is 4.79 Å². The number of hydrogen-bond acceptors (Lipinski definition) is 3. The number of halogens is 1. The molecule has 4 heteroatoms. The highest BCUT2D eigenvalue weighted by atomic mass is 19.0. The zero-order chi connectivity index (χ0) is 7.40. The maximum absolute atomic E-state index is 10.7. The summed E-state index contributed by atoms with van der Waals surface area (Å²) in [4.78, 5) is 14.7. The summed E-state index contributed by atoms with van der Waals surface area (Å²) < 4.78 is 0. The van der Waals surface area contributed by atoms with E-state index >= 15 is 0 Å². The van der Waals surface area contributed by atoms with Gasteiger partial charge in [0, 0.05) is 0 Å². The van der Waals surface area contributed by atoms with Crippen LogP contribution in [0.4, 0.5) is 4.70 Å².